The van der Waals surface area contributed by atoms with E-state index in [0.717, 1.165) is 11.1 Å². The second-order valence-corrected chi connectivity index (χ2v) is 8.55. The smallest absolute Gasteiger partial charge is 0.257 e. The fraction of sp³-hybridized carbons (Fsp3) is 0.207. The molecule has 1 N–H and O–H groups in total. The quantitative estimate of drug-likeness (QED) is 0.380. The molecule has 0 radical (unpaired) electrons. The second kappa shape index (κ2) is 10.6. The third-order valence-corrected chi connectivity index (χ3v) is 6.21. The van der Waals surface area contributed by atoms with Crippen LogP contribution >= 0.6 is 0 Å². The molecule has 8 nitrogen and oxygen atoms in total. The molecule has 8 heteroatoms. The highest BCUT2D eigenvalue weighted by Crippen LogP contribution is 2.38. The van der Waals surface area contributed by atoms with Crippen LogP contribution in [0.5, 0.6) is 17.2 Å². The number of benzene rings is 3. The van der Waals surface area contributed by atoms with Gasteiger partial charge < -0.3 is 19.5 Å². The normalized spacial score (nSPS) is 10.6. The summed E-state index contributed by atoms with van der Waals surface area (Å²) in [5.74, 6) is 0.825. The highest BCUT2D eigenvalue weighted by Gasteiger charge is 2.23. The molecule has 0 unspecified atom stereocenters. The maximum absolute atomic E-state index is 13.6. The molecule has 0 atom stereocenters. The Balaban J connectivity index is 1.95. The first-order valence-electron chi connectivity index (χ1n) is 11.7. The molecule has 37 heavy (non-hydrogen) atoms. The van der Waals surface area contributed by atoms with Crippen molar-refractivity contribution in [2.24, 2.45) is 0 Å². The van der Waals surface area contributed by atoms with Crippen LogP contribution in [-0.4, -0.2) is 37.0 Å². The molecular formula is C29H29N3O5. The van der Waals surface area contributed by atoms with E-state index in [4.69, 9.17) is 14.2 Å². The molecule has 0 fully saturated rings. The SMILES string of the molecule is COc1cc(C(=O)Nc2c(-c3ccccc3)c(=O)c(C)nn2-c2ccc(C)c(C)c2)cc(OC)c1OC. The molecule has 4 rings (SSSR count). The number of rotatable bonds is 7. The number of anilines is 1. The number of nitrogens with zero attached hydrogens (tertiary/aromatic N) is 2. The summed E-state index contributed by atoms with van der Waals surface area (Å²) in [5.41, 5.74) is 4.18. The van der Waals surface area contributed by atoms with Crippen LogP contribution in [0.4, 0.5) is 5.82 Å². The minimum atomic E-state index is -0.473. The lowest BCUT2D eigenvalue weighted by Gasteiger charge is -2.19. The van der Waals surface area contributed by atoms with Crippen molar-refractivity contribution in [2.45, 2.75) is 20.8 Å². The minimum absolute atomic E-state index is 0.254. The summed E-state index contributed by atoms with van der Waals surface area (Å²) >= 11 is 0. The first-order valence-corrected chi connectivity index (χ1v) is 11.7. The van der Waals surface area contributed by atoms with Crippen LogP contribution in [0.15, 0.2) is 65.5 Å². The third kappa shape index (κ3) is 4.91. The molecule has 4 aromatic rings. The van der Waals surface area contributed by atoms with E-state index >= 15 is 0 Å². The third-order valence-electron chi connectivity index (χ3n) is 6.21. The van der Waals surface area contributed by atoms with Crippen LogP contribution in [-0.2, 0) is 0 Å². The number of methoxy groups -OCH3 is 3. The van der Waals surface area contributed by atoms with E-state index in [-0.39, 0.29) is 16.8 Å². The fourth-order valence-electron chi connectivity index (χ4n) is 4.06. The summed E-state index contributed by atoms with van der Waals surface area (Å²) in [7, 11) is 4.45. The minimum Gasteiger partial charge on any atom is -0.493 e. The first kappa shape index (κ1) is 25.5. The zero-order chi connectivity index (χ0) is 26.7. The van der Waals surface area contributed by atoms with E-state index in [1.165, 1.54) is 21.3 Å². The molecule has 190 valence electrons. The molecule has 0 aliphatic heterocycles. The maximum Gasteiger partial charge on any atom is 0.257 e. The van der Waals surface area contributed by atoms with Gasteiger partial charge in [0.05, 0.1) is 32.6 Å². The lowest BCUT2D eigenvalue weighted by atomic mass is 10.0. The number of nitrogens with one attached hydrogen (secondary N) is 1. The van der Waals surface area contributed by atoms with Gasteiger partial charge >= 0.3 is 0 Å². The van der Waals surface area contributed by atoms with Gasteiger partial charge in [-0.15, -0.1) is 0 Å². The molecule has 0 spiro atoms. The molecular weight excluding hydrogens is 470 g/mol. The Labute approximate surface area is 215 Å². The topological polar surface area (TPSA) is 91.7 Å². The number of hydrogen-bond donors (Lipinski definition) is 1. The predicted molar refractivity (Wildman–Crippen MR) is 144 cm³/mol. The van der Waals surface area contributed by atoms with Crippen LogP contribution in [0, 0.1) is 20.8 Å². The summed E-state index contributed by atoms with van der Waals surface area (Å²) in [4.78, 5) is 27.0. The van der Waals surface area contributed by atoms with E-state index in [2.05, 4.69) is 10.4 Å². The average molecular weight is 500 g/mol. The van der Waals surface area contributed by atoms with Crippen molar-refractivity contribution in [3.05, 3.63) is 93.3 Å². The molecule has 0 bridgehead atoms. The number of carbonyl (C=O) groups is 1. The van der Waals surface area contributed by atoms with Crippen LogP contribution in [0.1, 0.15) is 27.2 Å². The second-order valence-electron chi connectivity index (χ2n) is 8.55. The van der Waals surface area contributed by atoms with Gasteiger partial charge in [-0.2, -0.15) is 5.10 Å². The van der Waals surface area contributed by atoms with Crippen molar-refractivity contribution in [2.75, 3.05) is 26.6 Å². The summed E-state index contributed by atoms with van der Waals surface area (Å²) < 4.78 is 17.8. The summed E-state index contributed by atoms with van der Waals surface area (Å²) in [6, 6.07) is 18.2. The monoisotopic (exact) mass is 499 g/mol. The Morgan fingerprint density at radius 3 is 2.05 bits per heavy atom. The van der Waals surface area contributed by atoms with Gasteiger partial charge in [0.15, 0.2) is 11.5 Å². The van der Waals surface area contributed by atoms with Crippen molar-refractivity contribution in [1.29, 1.82) is 0 Å². The van der Waals surface area contributed by atoms with E-state index in [9.17, 15) is 9.59 Å². The zero-order valence-corrected chi connectivity index (χ0v) is 21.7. The molecule has 1 aromatic heterocycles. The predicted octanol–water partition coefficient (Wildman–Crippen LogP) is 5.10. The Bertz CT molecular complexity index is 1500. The highest BCUT2D eigenvalue weighted by molar-refractivity contribution is 6.06. The summed E-state index contributed by atoms with van der Waals surface area (Å²) in [6.45, 7) is 5.68. The lowest BCUT2D eigenvalue weighted by Crippen LogP contribution is -2.25. The van der Waals surface area contributed by atoms with Gasteiger partial charge in [-0.05, 0) is 61.7 Å². The van der Waals surface area contributed by atoms with E-state index in [1.54, 1.807) is 23.7 Å². The Hall–Kier alpha value is -4.59. The number of hydrogen-bond acceptors (Lipinski definition) is 6. The number of aryl methyl sites for hydroxylation is 3. The molecule has 0 aliphatic rings. The molecule has 0 saturated carbocycles. The fourth-order valence-corrected chi connectivity index (χ4v) is 4.06. The Morgan fingerprint density at radius 1 is 0.838 bits per heavy atom. The molecule has 1 amide bonds. The largest absolute Gasteiger partial charge is 0.493 e. The number of amides is 1. The van der Waals surface area contributed by atoms with Gasteiger partial charge in [-0.3, -0.25) is 9.59 Å². The highest BCUT2D eigenvalue weighted by atomic mass is 16.5. The molecule has 3 aromatic carbocycles. The number of carbonyl (C=O) groups excluding carboxylic acids is 1. The standard InChI is InChI=1S/C29H29N3O5/c1-17-12-13-22(14-18(17)2)32-28(25(26(33)19(3)31-32)20-10-8-7-9-11-20)30-29(34)21-15-23(35-4)27(37-6)24(16-21)36-5/h7-16H,1-6H3,(H,30,34). The van der Waals surface area contributed by atoms with Crippen LogP contribution in [0.2, 0.25) is 0 Å². The van der Waals surface area contributed by atoms with Crippen molar-refractivity contribution >= 4 is 11.7 Å². The van der Waals surface area contributed by atoms with Crippen LogP contribution < -0.4 is 25.0 Å². The molecule has 0 saturated heterocycles. The zero-order valence-electron chi connectivity index (χ0n) is 21.7. The van der Waals surface area contributed by atoms with Crippen molar-refractivity contribution in [3.63, 3.8) is 0 Å². The van der Waals surface area contributed by atoms with E-state index < -0.39 is 5.91 Å². The van der Waals surface area contributed by atoms with Gasteiger partial charge in [0.2, 0.25) is 11.2 Å². The van der Waals surface area contributed by atoms with Crippen molar-refractivity contribution < 1.29 is 19.0 Å². The summed E-state index contributed by atoms with van der Waals surface area (Å²) in [5, 5.41) is 7.51. The van der Waals surface area contributed by atoms with Gasteiger partial charge in [-0.25, -0.2) is 4.68 Å². The molecule has 0 aliphatic carbocycles. The summed E-state index contributed by atoms with van der Waals surface area (Å²) in [6.07, 6.45) is 0. The van der Waals surface area contributed by atoms with Gasteiger partial charge in [0.1, 0.15) is 11.5 Å². The van der Waals surface area contributed by atoms with Crippen molar-refractivity contribution in [3.8, 4) is 34.1 Å². The lowest BCUT2D eigenvalue weighted by molar-refractivity contribution is 0.102. The average Bonchev–Trinajstić information content (AvgIpc) is 2.91. The van der Waals surface area contributed by atoms with Gasteiger partial charge in [0.25, 0.3) is 5.91 Å². The van der Waals surface area contributed by atoms with E-state index in [1.807, 2.05) is 62.4 Å². The number of aromatic nitrogens is 2. The molecule has 1 heterocycles. The first-order chi connectivity index (χ1) is 17.8. The van der Waals surface area contributed by atoms with Gasteiger partial charge in [0, 0.05) is 5.56 Å². The van der Waals surface area contributed by atoms with Gasteiger partial charge in [-0.1, -0.05) is 36.4 Å². The van der Waals surface area contributed by atoms with Crippen molar-refractivity contribution in [1.82, 2.24) is 9.78 Å². The maximum atomic E-state index is 13.6. The Morgan fingerprint density at radius 2 is 1.49 bits per heavy atom. The Kier molecular flexibility index (Phi) is 7.29. The number of ether oxygens (including phenoxy) is 3. The van der Waals surface area contributed by atoms with E-state index in [0.29, 0.717) is 39.8 Å². The van der Waals surface area contributed by atoms with Crippen LogP contribution in [0.3, 0.4) is 0 Å². The van der Waals surface area contributed by atoms with Crippen LogP contribution in [0.25, 0.3) is 16.8 Å².